The van der Waals surface area contributed by atoms with E-state index in [9.17, 15) is 4.79 Å². The number of aromatic nitrogens is 2. The monoisotopic (exact) mass is 347 g/mol. The Morgan fingerprint density at radius 2 is 1.79 bits per heavy atom. The van der Waals surface area contributed by atoms with Crippen LogP contribution in [0.3, 0.4) is 0 Å². The highest BCUT2D eigenvalue weighted by Crippen LogP contribution is 2.28. The molecule has 0 radical (unpaired) electrons. The summed E-state index contributed by atoms with van der Waals surface area (Å²) in [6, 6.07) is 9.51. The van der Waals surface area contributed by atoms with E-state index in [-0.39, 0.29) is 11.9 Å². The van der Waals surface area contributed by atoms with Crippen molar-refractivity contribution in [2.75, 3.05) is 13.1 Å². The van der Waals surface area contributed by atoms with Crippen LogP contribution in [0.1, 0.15) is 46.1 Å². The summed E-state index contributed by atoms with van der Waals surface area (Å²) < 4.78 is 1.73. The Kier molecular flexibility index (Phi) is 6.85. The molecule has 1 amide bonds. The minimum Gasteiger partial charge on any atom is -0.341 e. The molecule has 130 valence electrons. The number of nitrogens with zero attached hydrogens (tertiary/aromatic N) is 3. The Morgan fingerprint density at radius 1 is 1.17 bits per heavy atom. The van der Waals surface area contributed by atoms with Gasteiger partial charge in [0, 0.05) is 24.8 Å². The summed E-state index contributed by atoms with van der Waals surface area (Å²) in [5, 5.41) is 5.19. The largest absolute Gasteiger partial charge is 0.341 e. The van der Waals surface area contributed by atoms with Gasteiger partial charge in [-0.15, -0.1) is 0 Å². The van der Waals surface area contributed by atoms with Crippen LogP contribution >= 0.6 is 11.6 Å². The van der Waals surface area contributed by atoms with Gasteiger partial charge in [-0.1, -0.05) is 62.7 Å². The van der Waals surface area contributed by atoms with Gasteiger partial charge in [0.15, 0.2) is 0 Å². The number of amides is 1. The molecule has 0 aliphatic rings. The maximum Gasteiger partial charge on any atom is 0.247 e. The molecule has 4 nitrogen and oxygen atoms in total. The lowest BCUT2D eigenvalue weighted by Crippen LogP contribution is -2.38. The van der Waals surface area contributed by atoms with Gasteiger partial charge in [-0.05, 0) is 19.3 Å². The molecule has 0 bridgehead atoms. The van der Waals surface area contributed by atoms with E-state index < -0.39 is 0 Å². The summed E-state index contributed by atoms with van der Waals surface area (Å²) >= 11 is 6.38. The SMILES string of the molecule is CCCN(CCC)C(=O)C(CC)n1cc(Cl)c(-c2ccccc2)n1. The van der Waals surface area contributed by atoms with Gasteiger partial charge in [0.25, 0.3) is 0 Å². The summed E-state index contributed by atoms with van der Waals surface area (Å²) in [6.07, 6.45) is 4.37. The molecule has 2 aromatic rings. The van der Waals surface area contributed by atoms with Gasteiger partial charge in [-0.3, -0.25) is 9.48 Å². The van der Waals surface area contributed by atoms with E-state index in [1.165, 1.54) is 0 Å². The number of carbonyl (C=O) groups excluding carboxylic acids is 1. The van der Waals surface area contributed by atoms with Crippen LogP contribution in [0.25, 0.3) is 11.3 Å². The van der Waals surface area contributed by atoms with Crippen molar-refractivity contribution in [2.45, 2.75) is 46.1 Å². The highest BCUT2D eigenvalue weighted by atomic mass is 35.5. The zero-order valence-electron chi connectivity index (χ0n) is 14.7. The maximum absolute atomic E-state index is 12.9. The maximum atomic E-state index is 12.9. The fraction of sp³-hybridized carbons (Fsp3) is 0.474. The first kappa shape index (κ1) is 18.5. The Hall–Kier alpha value is -1.81. The molecular formula is C19H26ClN3O. The van der Waals surface area contributed by atoms with Crippen molar-refractivity contribution in [1.29, 1.82) is 0 Å². The van der Waals surface area contributed by atoms with Crippen molar-refractivity contribution in [2.24, 2.45) is 0 Å². The van der Waals surface area contributed by atoms with Crippen molar-refractivity contribution < 1.29 is 4.79 Å². The normalized spacial score (nSPS) is 12.2. The van der Waals surface area contributed by atoms with Crippen LogP contribution < -0.4 is 0 Å². The highest BCUT2D eigenvalue weighted by molar-refractivity contribution is 6.33. The van der Waals surface area contributed by atoms with Crippen molar-refractivity contribution in [3.8, 4) is 11.3 Å². The number of benzene rings is 1. The highest BCUT2D eigenvalue weighted by Gasteiger charge is 2.25. The van der Waals surface area contributed by atoms with Crippen LogP contribution in [0, 0.1) is 0 Å². The molecule has 0 aliphatic heterocycles. The molecular weight excluding hydrogens is 322 g/mol. The molecule has 1 aromatic heterocycles. The Bertz CT molecular complexity index is 648. The third-order valence-corrected chi connectivity index (χ3v) is 4.30. The van der Waals surface area contributed by atoms with Crippen molar-refractivity contribution >= 4 is 17.5 Å². The standard InChI is InChI=1S/C19H26ClN3O/c1-4-12-22(13-5-2)19(24)17(6-3)23-14-16(20)18(21-23)15-10-8-7-9-11-15/h7-11,14,17H,4-6,12-13H2,1-3H3. The molecule has 1 atom stereocenters. The van der Waals surface area contributed by atoms with Crippen LogP contribution in [0.4, 0.5) is 0 Å². The first-order valence-electron chi connectivity index (χ1n) is 8.71. The fourth-order valence-corrected chi connectivity index (χ4v) is 3.13. The molecule has 0 fully saturated rings. The molecule has 24 heavy (non-hydrogen) atoms. The third-order valence-electron chi connectivity index (χ3n) is 4.02. The fourth-order valence-electron chi connectivity index (χ4n) is 2.88. The van der Waals surface area contributed by atoms with Crippen molar-refractivity contribution in [3.05, 3.63) is 41.6 Å². The minimum absolute atomic E-state index is 0.125. The Labute approximate surface area is 149 Å². The quantitative estimate of drug-likeness (QED) is 0.687. The number of hydrogen-bond acceptors (Lipinski definition) is 2. The van der Waals surface area contributed by atoms with E-state index in [1.807, 2.05) is 42.2 Å². The summed E-state index contributed by atoms with van der Waals surface area (Å²) in [5.74, 6) is 0.125. The van der Waals surface area contributed by atoms with Crippen LogP contribution in [0.5, 0.6) is 0 Å². The second-order valence-electron chi connectivity index (χ2n) is 5.92. The van der Waals surface area contributed by atoms with Crippen LogP contribution in [-0.4, -0.2) is 33.7 Å². The van der Waals surface area contributed by atoms with E-state index in [4.69, 9.17) is 11.6 Å². The lowest BCUT2D eigenvalue weighted by atomic mass is 10.2. The zero-order valence-corrected chi connectivity index (χ0v) is 15.5. The molecule has 1 unspecified atom stereocenters. The van der Waals surface area contributed by atoms with Gasteiger partial charge in [-0.25, -0.2) is 0 Å². The van der Waals surface area contributed by atoms with E-state index in [0.29, 0.717) is 11.4 Å². The molecule has 0 N–H and O–H groups in total. The number of carbonyl (C=O) groups is 1. The molecule has 0 saturated heterocycles. The van der Waals surface area contributed by atoms with Crippen molar-refractivity contribution in [3.63, 3.8) is 0 Å². The molecule has 2 rings (SSSR count). The molecule has 0 aliphatic carbocycles. The van der Waals surface area contributed by atoms with E-state index >= 15 is 0 Å². The predicted molar refractivity (Wildman–Crippen MR) is 99.2 cm³/mol. The smallest absolute Gasteiger partial charge is 0.247 e. The van der Waals surface area contributed by atoms with Gasteiger partial charge in [0.2, 0.25) is 5.91 Å². The average Bonchev–Trinajstić information content (AvgIpc) is 2.97. The van der Waals surface area contributed by atoms with Crippen LogP contribution in [0.15, 0.2) is 36.5 Å². The first-order chi connectivity index (χ1) is 11.6. The van der Waals surface area contributed by atoms with E-state index in [1.54, 1.807) is 10.9 Å². The molecule has 1 heterocycles. The van der Waals surface area contributed by atoms with Gasteiger partial charge >= 0.3 is 0 Å². The van der Waals surface area contributed by atoms with Gasteiger partial charge < -0.3 is 4.90 Å². The summed E-state index contributed by atoms with van der Waals surface area (Å²) in [4.78, 5) is 14.9. The van der Waals surface area contributed by atoms with Crippen molar-refractivity contribution in [1.82, 2.24) is 14.7 Å². The Morgan fingerprint density at radius 3 is 2.33 bits per heavy atom. The molecule has 0 saturated carbocycles. The number of halogens is 1. The zero-order chi connectivity index (χ0) is 17.5. The third kappa shape index (κ3) is 4.18. The van der Waals surface area contributed by atoms with E-state index in [2.05, 4.69) is 18.9 Å². The van der Waals surface area contributed by atoms with E-state index in [0.717, 1.165) is 37.2 Å². The molecule has 0 spiro atoms. The first-order valence-corrected chi connectivity index (χ1v) is 9.08. The number of rotatable bonds is 8. The Balaban J connectivity index is 2.29. The van der Waals surface area contributed by atoms with Crippen LogP contribution in [-0.2, 0) is 4.79 Å². The lowest BCUT2D eigenvalue weighted by Gasteiger charge is -2.26. The van der Waals surface area contributed by atoms with Crippen LogP contribution in [0.2, 0.25) is 5.02 Å². The van der Waals surface area contributed by atoms with Gasteiger partial charge in [-0.2, -0.15) is 5.10 Å². The summed E-state index contributed by atoms with van der Waals surface area (Å²) in [6.45, 7) is 7.76. The summed E-state index contributed by atoms with van der Waals surface area (Å²) in [5.41, 5.74) is 1.68. The lowest BCUT2D eigenvalue weighted by molar-refractivity contribution is -0.135. The van der Waals surface area contributed by atoms with Gasteiger partial charge in [0.05, 0.1) is 5.02 Å². The second kappa shape index (κ2) is 8.88. The molecule has 1 aromatic carbocycles. The number of hydrogen-bond donors (Lipinski definition) is 0. The average molecular weight is 348 g/mol. The minimum atomic E-state index is -0.307. The topological polar surface area (TPSA) is 38.1 Å². The van der Waals surface area contributed by atoms with Gasteiger partial charge in [0.1, 0.15) is 11.7 Å². The predicted octanol–water partition coefficient (Wildman–Crippen LogP) is 4.80. The molecule has 5 heteroatoms. The second-order valence-corrected chi connectivity index (χ2v) is 6.33. The summed E-state index contributed by atoms with van der Waals surface area (Å²) in [7, 11) is 0.